The van der Waals surface area contributed by atoms with Gasteiger partial charge in [-0.1, -0.05) is 13.0 Å². The van der Waals surface area contributed by atoms with E-state index in [1.807, 2.05) is 4.90 Å². The number of nitrogens with one attached hydrogen (secondary N) is 1. The fraction of sp³-hybridized carbons (Fsp3) is 0.412. The Morgan fingerprint density at radius 2 is 2.04 bits per heavy atom. The molecule has 3 rings (SSSR count). The molecule has 10 nitrogen and oxygen atoms in total. The summed E-state index contributed by atoms with van der Waals surface area (Å²) in [6.45, 7) is 2.75. The Hall–Kier alpha value is -3.30. The summed E-state index contributed by atoms with van der Waals surface area (Å²) in [6, 6.07) is 5.95. The summed E-state index contributed by atoms with van der Waals surface area (Å²) < 4.78 is 0. The molecule has 1 saturated heterocycles. The molecule has 2 heterocycles. The Bertz CT molecular complexity index is 859. The maximum absolute atomic E-state index is 11.8. The van der Waals surface area contributed by atoms with Gasteiger partial charge in [-0.15, -0.1) is 0 Å². The third-order valence-electron chi connectivity index (χ3n) is 4.68. The maximum atomic E-state index is 11.8. The van der Waals surface area contributed by atoms with Crippen LogP contribution in [0.3, 0.4) is 0 Å². The first kappa shape index (κ1) is 18.5. The highest BCUT2D eigenvalue weighted by Crippen LogP contribution is 2.37. The molecule has 1 aliphatic rings. The van der Waals surface area contributed by atoms with E-state index in [0.717, 1.165) is 25.7 Å². The molecule has 27 heavy (non-hydrogen) atoms. The monoisotopic (exact) mass is 372 g/mol. The molecule has 1 aromatic heterocycles. The Balaban J connectivity index is 2.00. The molecular weight excluding hydrogens is 352 g/mol. The SMILES string of the molecule is CCC1CCCCN1c1ncnc(Nc2cccc([N+](=O)[O-])c2)c1[N+](=O)[O-]. The second kappa shape index (κ2) is 7.94. The van der Waals surface area contributed by atoms with Gasteiger partial charge in [-0.05, 0) is 31.7 Å². The van der Waals surface area contributed by atoms with Gasteiger partial charge in [0, 0.05) is 30.4 Å². The van der Waals surface area contributed by atoms with Gasteiger partial charge in [-0.25, -0.2) is 9.97 Å². The minimum atomic E-state index is -0.523. The predicted molar refractivity (Wildman–Crippen MR) is 100 cm³/mol. The summed E-state index contributed by atoms with van der Waals surface area (Å²) in [7, 11) is 0. The minimum absolute atomic E-state index is 0.0194. The van der Waals surface area contributed by atoms with E-state index in [1.54, 1.807) is 6.07 Å². The topological polar surface area (TPSA) is 127 Å². The van der Waals surface area contributed by atoms with Crippen LogP contribution in [0.1, 0.15) is 32.6 Å². The number of benzene rings is 1. The number of non-ortho nitro benzene ring substituents is 1. The molecule has 10 heteroatoms. The number of hydrogen-bond acceptors (Lipinski definition) is 8. The predicted octanol–water partition coefficient (Wildman–Crippen LogP) is 3.81. The van der Waals surface area contributed by atoms with Crippen molar-refractivity contribution >= 4 is 28.7 Å². The average molecular weight is 372 g/mol. The average Bonchev–Trinajstić information content (AvgIpc) is 2.67. The molecule has 0 amide bonds. The highest BCUT2D eigenvalue weighted by Gasteiger charge is 2.31. The van der Waals surface area contributed by atoms with Gasteiger partial charge in [-0.2, -0.15) is 0 Å². The minimum Gasteiger partial charge on any atom is -0.348 e. The van der Waals surface area contributed by atoms with Crippen LogP contribution in [-0.4, -0.2) is 32.4 Å². The van der Waals surface area contributed by atoms with Crippen molar-refractivity contribution in [3.8, 4) is 0 Å². The van der Waals surface area contributed by atoms with E-state index in [4.69, 9.17) is 0 Å². The quantitative estimate of drug-likeness (QED) is 0.599. The summed E-state index contributed by atoms with van der Waals surface area (Å²) in [6.07, 6.45) is 5.15. The normalized spacial score (nSPS) is 16.8. The molecule has 1 aromatic carbocycles. The van der Waals surface area contributed by atoms with E-state index in [2.05, 4.69) is 22.2 Å². The smallest absolute Gasteiger partial charge is 0.348 e. The van der Waals surface area contributed by atoms with Crippen molar-refractivity contribution in [3.63, 3.8) is 0 Å². The zero-order valence-electron chi connectivity index (χ0n) is 14.9. The maximum Gasteiger partial charge on any atom is 0.353 e. The van der Waals surface area contributed by atoms with E-state index >= 15 is 0 Å². The van der Waals surface area contributed by atoms with Gasteiger partial charge >= 0.3 is 5.69 Å². The van der Waals surface area contributed by atoms with Crippen LogP contribution in [0.25, 0.3) is 0 Å². The van der Waals surface area contributed by atoms with Crippen LogP contribution in [-0.2, 0) is 0 Å². The fourth-order valence-electron chi connectivity index (χ4n) is 3.38. The van der Waals surface area contributed by atoms with Crippen molar-refractivity contribution in [1.82, 2.24) is 9.97 Å². The number of piperidine rings is 1. The van der Waals surface area contributed by atoms with Crippen molar-refractivity contribution in [3.05, 3.63) is 50.8 Å². The first-order valence-electron chi connectivity index (χ1n) is 8.78. The Morgan fingerprint density at radius 3 is 2.74 bits per heavy atom. The van der Waals surface area contributed by atoms with E-state index in [0.29, 0.717) is 12.2 Å². The van der Waals surface area contributed by atoms with E-state index in [9.17, 15) is 20.2 Å². The Labute approximate surface area is 155 Å². The number of anilines is 3. The molecule has 2 aromatic rings. The second-order valence-corrected chi connectivity index (χ2v) is 6.34. The number of nitrogens with zero attached hydrogens (tertiary/aromatic N) is 5. The molecule has 0 spiro atoms. The van der Waals surface area contributed by atoms with Gasteiger partial charge in [0.25, 0.3) is 5.69 Å². The number of hydrogen-bond donors (Lipinski definition) is 1. The molecular formula is C17H20N6O4. The summed E-state index contributed by atoms with van der Waals surface area (Å²) in [5.41, 5.74) is 0.0194. The molecule has 142 valence electrons. The molecule has 1 N–H and O–H groups in total. The summed E-state index contributed by atoms with van der Waals surface area (Å²) in [4.78, 5) is 31.9. The molecule has 0 saturated carbocycles. The van der Waals surface area contributed by atoms with E-state index < -0.39 is 9.85 Å². The van der Waals surface area contributed by atoms with Crippen LogP contribution in [0.15, 0.2) is 30.6 Å². The molecule has 1 fully saturated rings. The summed E-state index contributed by atoms with van der Waals surface area (Å²) >= 11 is 0. The van der Waals surface area contributed by atoms with Crippen molar-refractivity contribution in [2.75, 3.05) is 16.8 Å². The Morgan fingerprint density at radius 1 is 1.22 bits per heavy atom. The molecule has 0 aliphatic carbocycles. The van der Waals surface area contributed by atoms with Gasteiger partial charge < -0.3 is 10.2 Å². The largest absolute Gasteiger partial charge is 0.353 e. The lowest BCUT2D eigenvalue weighted by molar-refractivity contribution is -0.384. The van der Waals surface area contributed by atoms with Crippen molar-refractivity contribution in [2.24, 2.45) is 0 Å². The van der Waals surface area contributed by atoms with Gasteiger partial charge in [0.15, 0.2) is 0 Å². The number of rotatable bonds is 6. The van der Waals surface area contributed by atoms with Crippen molar-refractivity contribution < 1.29 is 9.85 Å². The summed E-state index contributed by atoms with van der Waals surface area (Å²) in [5, 5.41) is 25.6. The zero-order chi connectivity index (χ0) is 19.4. The number of aromatic nitrogens is 2. The first-order valence-corrected chi connectivity index (χ1v) is 8.78. The van der Waals surface area contributed by atoms with Gasteiger partial charge in [0.05, 0.1) is 9.85 Å². The lowest BCUT2D eigenvalue weighted by Crippen LogP contribution is -2.40. The molecule has 1 aliphatic heterocycles. The lowest BCUT2D eigenvalue weighted by Gasteiger charge is -2.35. The second-order valence-electron chi connectivity index (χ2n) is 6.34. The van der Waals surface area contributed by atoms with Crippen molar-refractivity contribution in [1.29, 1.82) is 0 Å². The molecule has 1 unspecified atom stereocenters. The van der Waals surface area contributed by atoms with Crippen LogP contribution in [0.2, 0.25) is 0 Å². The van der Waals surface area contributed by atoms with Gasteiger partial charge in [0.2, 0.25) is 11.6 Å². The highest BCUT2D eigenvalue weighted by molar-refractivity contribution is 5.75. The van der Waals surface area contributed by atoms with Crippen LogP contribution in [0.4, 0.5) is 28.7 Å². The van der Waals surface area contributed by atoms with Crippen LogP contribution in [0.5, 0.6) is 0 Å². The number of nitro benzene ring substituents is 1. The first-order chi connectivity index (χ1) is 13.0. The summed E-state index contributed by atoms with van der Waals surface area (Å²) in [5.74, 6) is 0.306. The standard InChI is InChI=1S/C17H20N6O4/c1-2-13-7-3-4-9-21(13)17-15(23(26)27)16(18-11-19-17)20-12-6-5-8-14(10-12)22(24)25/h5-6,8,10-11,13H,2-4,7,9H2,1H3,(H,18,19,20). The van der Waals surface area contributed by atoms with E-state index in [1.165, 1.54) is 24.5 Å². The molecule has 1 atom stereocenters. The van der Waals surface area contributed by atoms with E-state index in [-0.39, 0.29) is 29.1 Å². The van der Waals surface area contributed by atoms with Crippen LogP contribution in [0, 0.1) is 20.2 Å². The van der Waals surface area contributed by atoms with Crippen LogP contribution >= 0.6 is 0 Å². The van der Waals surface area contributed by atoms with Crippen LogP contribution < -0.4 is 10.2 Å². The third-order valence-corrected chi connectivity index (χ3v) is 4.68. The van der Waals surface area contributed by atoms with Gasteiger partial charge in [0.1, 0.15) is 6.33 Å². The zero-order valence-corrected chi connectivity index (χ0v) is 14.9. The van der Waals surface area contributed by atoms with Gasteiger partial charge in [-0.3, -0.25) is 20.2 Å². The molecule has 0 bridgehead atoms. The van der Waals surface area contributed by atoms with Crippen molar-refractivity contribution in [2.45, 2.75) is 38.6 Å². The lowest BCUT2D eigenvalue weighted by atomic mass is 10.00. The fourth-order valence-corrected chi connectivity index (χ4v) is 3.38. The molecule has 0 radical (unpaired) electrons. The number of nitro groups is 2. The Kier molecular flexibility index (Phi) is 5.43. The third kappa shape index (κ3) is 3.94. The highest BCUT2D eigenvalue weighted by atomic mass is 16.6.